The Hall–Kier alpha value is -2.66. The van der Waals surface area contributed by atoms with E-state index in [2.05, 4.69) is 26.7 Å². The Morgan fingerprint density at radius 2 is 2.00 bits per heavy atom. The van der Waals surface area contributed by atoms with Crippen LogP contribution in [0.15, 0.2) is 46.9 Å². The van der Waals surface area contributed by atoms with Crippen molar-refractivity contribution in [2.24, 2.45) is 0 Å². The molecule has 0 aliphatic rings. The number of rotatable bonds is 2. The average Bonchev–Trinajstić information content (AvgIpc) is 3.16. The summed E-state index contributed by atoms with van der Waals surface area (Å²) in [6.07, 6.45) is 0. The number of hydrogen-bond donors (Lipinski definition) is 1. The molecule has 0 aliphatic heterocycles. The summed E-state index contributed by atoms with van der Waals surface area (Å²) in [5.74, 6) is 1.16. The summed E-state index contributed by atoms with van der Waals surface area (Å²) in [5.41, 5.74) is 2.38. The van der Waals surface area contributed by atoms with Crippen LogP contribution in [0.3, 0.4) is 0 Å². The Balaban J connectivity index is 2.00. The van der Waals surface area contributed by atoms with E-state index in [1.807, 2.05) is 36.4 Å². The minimum absolute atomic E-state index is 0.557. The minimum atomic E-state index is 0.557. The maximum absolute atomic E-state index is 6.45. The SMILES string of the molecule is Clc1c(-c2ccccc2-c2nnn[nH]2)oc2cc[c]cc12. The highest BCUT2D eigenvalue weighted by molar-refractivity contribution is 6.38. The molecule has 0 amide bonds. The minimum Gasteiger partial charge on any atom is -0.454 e. The van der Waals surface area contributed by atoms with Crippen molar-refractivity contribution in [1.29, 1.82) is 0 Å². The predicted molar refractivity (Wildman–Crippen MR) is 78.7 cm³/mol. The molecule has 4 aromatic rings. The average molecular weight is 296 g/mol. The van der Waals surface area contributed by atoms with Gasteiger partial charge in [-0.15, -0.1) is 5.10 Å². The molecule has 21 heavy (non-hydrogen) atoms. The number of halogens is 1. The van der Waals surface area contributed by atoms with Crippen LogP contribution in [-0.4, -0.2) is 20.6 Å². The standard InChI is InChI=1S/C15H8ClN4O/c16-13-11-7-3-4-8-12(11)21-14(13)9-5-1-2-6-10(9)15-17-19-20-18-15/h1-2,4-8H,(H,17,18,19,20). The lowest BCUT2D eigenvalue weighted by Crippen LogP contribution is -1.86. The van der Waals surface area contributed by atoms with Crippen molar-refractivity contribution in [2.45, 2.75) is 0 Å². The Kier molecular flexibility index (Phi) is 2.72. The normalized spacial score (nSPS) is 11.1. The van der Waals surface area contributed by atoms with E-state index in [0.29, 0.717) is 16.6 Å². The number of tetrazole rings is 1. The molecule has 4 rings (SSSR count). The van der Waals surface area contributed by atoms with E-state index in [9.17, 15) is 0 Å². The lowest BCUT2D eigenvalue weighted by Gasteiger charge is -2.04. The van der Waals surface area contributed by atoms with E-state index < -0.39 is 0 Å². The fraction of sp³-hybridized carbons (Fsp3) is 0. The lowest BCUT2D eigenvalue weighted by molar-refractivity contribution is 0.632. The molecule has 6 heteroatoms. The van der Waals surface area contributed by atoms with E-state index in [-0.39, 0.29) is 0 Å². The van der Waals surface area contributed by atoms with Crippen molar-refractivity contribution in [3.63, 3.8) is 0 Å². The third-order valence-electron chi connectivity index (χ3n) is 3.24. The van der Waals surface area contributed by atoms with Gasteiger partial charge in [0.15, 0.2) is 11.6 Å². The van der Waals surface area contributed by atoms with E-state index >= 15 is 0 Å². The number of fused-ring (bicyclic) bond motifs is 1. The van der Waals surface area contributed by atoms with Crippen LogP contribution in [0.1, 0.15) is 0 Å². The van der Waals surface area contributed by atoms with Crippen molar-refractivity contribution in [3.8, 4) is 22.7 Å². The molecule has 0 bridgehead atoms. The number of aromatic nitrogens is 4. The molecule has 0 aliphatic carbocycles. The van der Waals surface area contributed by atoms with E-state index in [1.165, 1.54) is 0 Å². The second-order valence-electron chi connectivity index (χ2n) is 4.46. The Labute approximate surface area is 124 Å². The van der Waals surface area contributed by atoms with Gasteiger partial charge in [0.25, 0.3) is 0 Å². The zero-order valence-electron chi connectivity index (χ0n) is 10.7. The van der Waals surface area contributed by atoms with Crippen molar-refractivity contribution < 1.29 is 4.42 Å². The van der Waals surface area contributed by atoms with Crippen LogP contribution in [0, 0.1) is 6.07 Å². The summed E-state index contributed by atoms with van der Waals surface area (Å²) in [7, 11) is 0. The number of H-pyrrole nitrogens is 1. The molecule has 1 radical (unpaired) electrons. The molecule has 5 nitrogen and oxygen atoms in total. The van der Waals surface area contributed by atoms with Crippen molar-refractivity contribution in [2.75, 3.05) is 0 Å². The number of aromatic amines is 1. The first-order chi connectivity index (χ1) is 10.3. The van der Waals surface area contributed by atoms with Crippen LogP contribution < -0.4 is 0 Å². The van der Waals surface area contributed by atoms with Gasteiger partial charge < -0.3 is 4.42 Å². The summed E-state index contributed by atoms with van der Waals surface area (Å²) < 4.78 is 5.89. The number of nitrogens with one attached hydrogen (secondary N) is 1. The quantitative estimate of drug-likeness (QED) is 0.612. The molecule has 0 spiro atoms. The molecule has 2 heterocycles. The van der Waals surface area contributed by atoms with E-state index in [4.69, 9.17) is 16.0 Å². The molecule has 2 aromatic heterocycles. The second-order valence-corrected chi connectivity index (χ2v) is 4.84. The van der Waals surface area contributed by atoms with Gasteiger partial charge in [0, 0.05) is 16.5 Å². The van der Waals surface area contributed by atoms with E-state index in [0.717, 1.165) is 22.1 Å². The first-order valence-electron chi connectivity index (χ1n) is 6.26. The highest BCUT2D eigenvalue weighted by atomic mass is 35.5. The fourth-order valence-corrected chi connectivity index (χ4v) is 2.58. The molecule has 0 saturated heterocycles. The van der Waals surface area contributed by atoms with Gasteiger partial charge >= 0.3 is 0 Å². The maximum Gasteiger partial charge on any atom is 0.180 e. The summed E-state index contributed by atoms with van der Waals surface area (Å²) in [6, 6.07) is 16.1. The van der Waals surface area contributed by atoms with Gasteiger partial charge in [0.05, 0.1) is 5.02 Å². The van der Waals surface area contributed by atoms with Crippen LogP contribution in [0.5, 0.6) is 0 Å². The van der Waals surface area contributed by atoms with Gasteiger partial charge in [-0.25, -0.2) is 5.10 Å². The molecule has 0 saturated carbocycles. The zero-order valence-corrected chi connectivity index (χ0v) is 11.4. The van der Waals surface area contributed by atoms with Gasteiger partial charge in [-0.1, -0.05) is 41.9 Å². The first-order valence-corrected chi connectivity index (χ1v) is 6.64. The molecule has 1 N–H and O–H groups in total. The van der Waals surface area contributed by atoms with Gasteiger partial charge in [-0.2, -0.15) is 0 Å². The molecule has 0 atom stereocenters. The third-order valence-corrected chi connectivity index (χ3v) is 3.62. The molecule has 2 aromatic carbocycles. The first kappa shape index (κ1) is 12.1. The monoisotopic (exact) mass is 295 g/mol. The van der Waals surface area contributed by atoms with Crippen LogP contribution >= 0.6 is 11.6 Å². The van der Waals surface area contributed by atoms with Crippen LogP contribution in [0.4, 0.5) is 0 Å². The predicted octanol–water partition coefficient (Wildman–Crippen LogP) is 3.73. The summed E-state index contributed by atoms with van der Waals surface area (Å²) in [6.45, 7) is 0. The molecular weight excluding hydrogens is 288 g/mol. The Morgan fingerprint density at radius 1 is 1.14 bits per heavy atom. The molecule has 0 unspecified atom stereocenters. The Bertz CT molecular complexity index is 914. The summed E-state index contributed by atoms with van der Waals surface area (Å²) in [4.78, 5) is 0. The van der Waals surface area contributed by atoms with Crippen molar-refractivity contribution in [1.82, 2.24) is 20.6 Å². The van der Waals surface area contributed by atoms with Gasteiger partial charge in [-0.3, -0.25) is 0 Å². The van der Waals surface area contributed by atoms with Gasteiger partial charge in [-0.05, 0) is 28.6 Å². The number of furan rings is 1. The van der Waals surface area contributed by atoms with Crippen molar-refractivity contribution in [3.05, 3.63) is 53.6 Å². The smallest absolute Gasteiger partial charge is 0.180 e. The highest BCUT2D eigenvalue weighted by Crippen LogP contribution is 2.40. The lowest BCUT2D eigenvalue weighted by atomic mass is 10.0. The van der Waals surface area contributed by atoms with Crippen molar-refractivity contribution >= 4 is 22.6 Å². The molecular formula is C15H8ClN4O. The zero-order chi connectivity index (χ0) is 14.2. The number of nitrogens with zero attached hydrogens (tertiary/aromatic N) is 3. The van der Waals surface area contributed by atoms with Gasteiger partial charge in [0.1, 0.15) is 5.58 Å². The van der Waals surface area contributed by atoms with E-state index in [1.54, 1.807) is 6.07 Å². The highest BCUT2D eigenvalue weighted by Gasteiger charge is 2.18. The summed E-state index contributed by atoms with van der Waals surface area (Å²) >= 11 is 6.45. The number of benzene rings is 2. The summed E-state index contributed by atoms with van der Waals surface area (Å²) in [5, 5.41) is 15.3. The van der Waals surface area contributed by atoms with Crippen LogP contribution in [0.25, 0.3) is 33.7 Å². The maximum atomic E-state index is 6.45. The fourth-order valence-electron chi connectivity index (χ4n) is 2.29. The number of hydrogen-bond acceptors (Lipinski definition) is 4. The Morgan fingerprint density at radius 3 is 2.76 bits per heavy atom. The largest absolute Gasteiger partial charge is 0.454 e. The van der Waals surface area contributed by atoms with Crippen LogP contribution in [0.2, 0.25) is 5.02 Å². The van der Waals surface area contributed by atoms with Crippen LogP contribution in [-0.2, 0) is 0 Å². The molecule has 0 fully saturated rings. The topological polar surface area (TPSA) is 67.6 Å². The molecule has 101 valence electrons. The van der Waals surface area contributed by atoms with Gasteiger partial charge in [0.2, 0.25) is 0 Å². The second kappa shape index (κ2) is 4.71. The third kappa shape index (κ3) is 1.90.